The molecule has 0 bridgehead atoms. The first-order chi connectivity index (χ1) is 14.9. The van der Waals surface area contributed by atoms with Gasteiger partial charge in [0.05, 0.1) is 12.3 Å². The first kappa shape index (κ1) is 24.3. The fourth-order valence-corrected chi connectivity index (χ4v) is 3.84. The van der Waals surface area contributed by atoms with Crippen LogP contribution in [0.25, 0.3) is 6.08 Å². The quantitative estimate of drug-likeness (QED) is 0.337. The number of amides is 2. The third kappa shape index (κ3) is 6.75. The monoisotopic (exact) mass is 443 g/mol. The predicted molar refractivity (Wildman–Crippen MR) is 124 cm³/mol. The second-order valence-corrected chi connectivity index (χ2v) is 7.84. The maximum Gasteiger partial charge on any atom is 0.350 e. The molecule has 2 rings (SSSR count). The summed E-state index contributed by atoms with van der Waals surface area (Å²) in [7, 11) is 1.58. The van der Waals surface area contributed by atoms with Gasteiger partial charge in [-0.05, 0) is 44.0 Å². The molecule has 0 aliphatic carbocycles. The number of esters is 1. The molecule has 7 nitrogen and oxygen atoms in total. The van der Waals surface area contributed by atoms with E-state index in [2.05, 4.69) is 17.2 Å². The van der Waals surface area contributed by atoms with Crippen LogP contribution in [-0.2, 0) is 9.53 Å². The molecule has 0 fully saturated rings. The van der Waals surface area contributed by atoms with Gasteiger partial charge in [-0.3, -0.25) is 14.5 Å². The van der Waals surface area contributed by atoms with Crippen molar-refractivity contribution in [2.75, 3.05) is 25.1 Å². The van der Waals surface area contributed by atoms with E-state index in [1.165, 1.54) is 17.4 Å². The number of hydrogen-bond donors (Lipinski definition) is 1. The van der Waals surface area contributed by atoms with Gasteiger partial charge in [-0.2, -0.15) is 0 Å². The Hall–Kier alpha value is -3.00. The molecule has 0 atom stereocenters. The summed E-state index contributed by atoms with van der Waals surface area (Å²) >= 11 is 1.17. The molecule has 0 unspecified atom stereocenters. The standard InChI is InChI=1S/C23H29N3O4S/c1-5-7-8-15-26(23-25-16(3)20(31-23)22(29)30-6-2)19(27)14-11-17-9-12-18(13-10-17)21(28)24-4/h9-14H,5-8,15H2,1-4H3,(H,24,28)/b14-11+. The highest BCUT2D eigenvalue weighted by atomic mass is 32.1. The SMILES string of the molecule is CCCCCN(C(=O)/C=C/c1ccc(C(=O)NC)cc1)c1nc(C)c(C(=O)OCC)s1. The second kappa shape index (κ2) is 12.0. The summed E-state index contributed by atoms with van der Waals surface area (Å²) in [5.74, 6) is -0.794. The van der Waals surface area contributed by atoms with E-state index < -0.39 is 5.97 Å². The maximum atomic E-state index is 13.0. The number of unbranched alkanes of at least 4 members (excludes halogenated alkanes) is 2. The number of benzene rings is 1. The number of aryl methyl sites for hydroxylation is 1. The Morgan fingerprint density at radius 3 is 2.48 bits per heavy atom. The van der Waals surface area contributed by atoms with Crippen molar-refractivity contribution in [1.29, 1.82) is 0 Å². The molecule has 1 aromatic carbocycles. The van der Waals surface area contributed by atoms with Crippen molar-refractivity contribution in [3.63, 3.8) is 0 Å². The van der Waals surface area contributed by atoms with Crippen molar-refractivity contribution >= 4 is 40.3 Å². The highest BCUT2D eigenvalue weighted by Gasteiger charge is 2.22. The largest absolute Gasteiger partial charge is 0.462 e. The van der Waals surface area contributed by atoms with Crippen LogP contribution in [0.15, 0.2) is 30.3 Å². The second-order valence-electron chi connectivity index (χ2n) is 6.86. The van der Waals surface area contributed by atoms with Gasteiger partial charge in [-0.1, -0.05) is 43.2 Å². The first-order valence-electron chi connectivity index (χ1n) is 10.4. The molecule has 1 aromatic heterocycles. The van der Waals surface area contributed by atoms with Crippen molar-refractivity contribution in [3.05, 3.63) is 52.0 Å². The molecule has 2 aromatic rings. The molecule has 0 saturated carbocycles. The van der Waals surface area contributed by atoms with Gasteiger partial charge in [0.1, 0.15) is 4.88 Å². The Morgan fingerprint density at radius 1 is 1.16 bits per heavy atom. The predicted octanol–water partition coefficient (Wildman–Crippen LogP) is 4.22. The number of thiazole rings is 1. The number of rotatable bonds is 10. The minimum atomic E-state index is -0.420. The van der Waals surface area contributed by atoms with Crippen molar-refractivity contribution in [1.82, 2.24) is 10.3 Å². The van der Waals surface area contributed by atoms with E-state index in [9.17, 15) is 14.4 Å². The summed E-state index contributed by atoms with van der Waals surface area (Å²) in [6.07, 6.45) is 6.05. The number of carbonyl (C=O) groups excluding carboxylic acids is 3. The summed E-state index contributed by atoms with van der Waals surface area (Å²) < 4.78 is 5.09. The van der Waals surface area contributed by atoms with E-state index in [1.54, 1.807) is 56.1 Å². The maximum absolute atomic E-state index is 13.0. The number of aromatic nitrogens is 1. The molecular weight excluding hydrogens is 414 g/mol. The normalized spacial score (nSPS) is 10.8. The van der Waals surface area contributed by atoms with Gasteiger partial charge in [0.2, 0.25) is 0 Å². The minimum Gasteiger partial charge on any atom is -0.462 e. The van der Waals surface area contributed by atoms with Crippen molar-refractivity contribution in [3.8, 4) is 0 Å². The third-order valence-electron chi connectivity index (χ3n) is 4.55. The summed E-state index contributed by atoms with van der Waals surface area (Å²) in [5.41, 5.74) is 1.91. The molecule has 0 saturated heterocycles. The first-order valence-corrected chi connectivity index (χ1v) is 11.2. The topological polar surface area (TPSA) is 88.6 Å². The number of nitrogens with zero attached hydrogens (tertiary/aromatic N) is 2. The minimum absolute atomic E-state index is 0.162. The molecule has 0 aliphatic rings. The summed E-state index contributed by atoms with van der Waals surface area (Å²) in [4.78, 5) is 43.2. The molecular formula is C23H29N3O4S. The van der Waals surface area contributed by atoms with E-state index in [0.29, 0.717) is 27.8 Å². The average molecular weight is 444 g/mol. The highest BCUT2D eigenvalue weighted by molar-refractivity contribution is 7.17. The van der Waals surface area contributed by atoms with Gasteiger partial charge in [0, 0.05) is 25.2 Å². The Morgan fingerprint density at radius 2 is 1.87 bits per heavy atom. The number of hydrogen-bond acceptors (Lipinski definition) is 6. The van der Waals surface area contributed by atoms with Gasteiger partial charge in [-0.15, -0.1) is 0 Å². The Balaban J connectivity index is 2.22. The summed E-state index contributed by atoms with van der Waals surface area (Å²) in [6.45, 7) is 6.39. The lowest BCUT2D eigenvalue weighted by Crippen LogP contribution is -2.30. The zero-order chi connectivity index (χ0) is 22.8. The van der Waals surface area contributed by atoms with E-state index in [4.69, 9.17) is 4.74 Å². The lowest BCUT2D eigenvalue weighted by atomic mass is 10.1. The van der Waals surface area contributed by atoms with E-state index in [-0.39, 0.29) is 18.4 Å². The van der Waals surface area contributed by atoms with E-state index >= 15 is 0 Å². The van der Waals surface area contributed by atoms with Crippen molar-refractivity contribution in [2.45, 2.75) is 40.0 Å². The van der Waals surface area contributed by atoms with Crippen LogP contribution in [0.2, 0.25) is 0 Å². The van der Waals surface area contributed by atoms with Gasteiger partial charge in [0.25, 0.3) is 11.8 Å². The van der Waals surface area contributed by atoms with Gasteiger partial charge in [-0.25, -0.2) is 9.78 Å². The van der Waals surface area contributed by atoms with Crippen LogP contribution in [0.4, 0.5) is 5.13 Å². The summed E-state index contributed by atoms with van der Waals surface area (Å²) in [5, 5.41) is 3.06. The van der Waals surface area contributed by atoms with Gasteiger partial charge >= 0.3 is 5.97 Å². The molecule has 31 heavy (non-hydrogen) atoms. The van der Waals surface area contributed by atoms with Crippen LogP contribution < -0.4 is 10.2 Å². The van der Waals surface area contributed by atoms with Crippen LogP contribution in [0, 0.1) is 6.92 Å². The van der Waals surface area contributed by atoms with E-state index in [1.807, 2.05) is 0 Å². The molecule has 0 radical (unpaired) electrons. The zero-order valence-electron chi connectivity index (χ0n) is 18.4. The smallest absolute Gasteiger partial charge is 0.350 e. The molecule has 1 heterocycles. The van der Waals surface area contributed by atoms with Crippen LogP contribution in [-0.4, -0.2) is 43.0 Å². The number of anilines is 1. The molecule has 8 heteroatoms. The van der Waals surface area contributed by atoms with Crippen molar-refractivity contribution in [2.24, 2.45) is 0 Å². The molecule has 1 N–H and O–H groups in total. The fourth-order valence-electron chi connectivity index (χ4n) is 2.85. The number of ether oxygens (including phenoxy) is 1. The highest BCUT2D eigenvalue weighted by Crippen LogP contribution is 2.27. The van der Waals surface area contributed by atoms with Crippen molar-refractivity contribution < 1.29 is 19.1 Å². The van der Waals surface area contributed by atoms with Gasteiger partial charge in [0.15, 0.2) is 5.13 Å². The third-order valence-corrected chi connectivity index (χ3v) is 5.71. The molecule has 166 valence electrons. The van der Waals surface area contributed by atoms with Crippen LogP contribution in [0.1, 0.15) is 64.4 Å². The fraction of sp³-hybridized carbons (Fsp3) is 0.391. The average Bonchev–Trinajstić information content (AvgIpc) is 3.16. The lowest BCUT2D eigenvalue weighted by Gasteiger charge is -2.18. The lowest BCUT2D eigenvalue weighted by molar-refractivity contribution is -0.114. The Labute approximate surface area is 187 Å². The zero-order valence-corrected chi connectivity index (χ0v) is 19.3. The van der Waals surface area contributed by atoms with Gasteiger partial charge < -0.3 is 10.1 Å². The van der Waals surface area contributed by atoms with E-state index in [0.717, 1.165) is 24.8 Å². The molecule has 0 spiro atoms. The Bertz CT molecular complexity index is 935. The number of nitrogens with one attached hydrogen (secondary N) is 1. The van der Waals surface area contributed by atoms with Crippen LogP contribution in [0.5, 0.6) is 0 Å². The Kier molecular flexibility index (Phi) is 9.40. The molecule has 0 aliphatic heterocycles. The number of carbonyl (C=O) groups is 3. The molecule has 2 amide bonds. The summed E-state index contributed by atoms with van der Waals surface area (Å²) in [6, 6.07) is 6.97. The van der Waals surface area contributed by atoms with Crippen LogP contribution in [0.3, 0.4) is 0 Å². The van der Waals surface area contributed by atoms with Crippen LogP contribution >= 0.6 is 11.3 Å².